The number of likely N-dealkylation sites (N-methyl/N-ethyl adjacent to an activating group) is 1. The highest BCUT2D eigenvalue weighted by Crippen LogP contribution is 2.02. The number of nitrogens with one attached hydrogen (secondary N) is 1. The fourth-order valence-electron chi connectivity index (χ4n) is 1.01. The van der Waals surface area contributed by atoms with Crippen LogP contribution < -0.4 is 5.32 Å². The van der Waals surface area contributed by atoms with Crippen molar-refractivity contribution >= 4 is 12.0 Å². The van der Waals surface area contributed by atoms with Crippen LogP contribution in [0.5, 0.6) is 0 Å². The molecule has 0 bridgehead atoms. The lowest BCUT2D eigenvalue weighted by Gasteiger charge is -2.22. The summed E-state index contributed by atoms with van der Waals surface area (Å²) in [5, 5.41) is 19.8. The Kier molecular flexibility index (Phi) is 5.69. The summed E-state index contributed by atoms with van der Waals surface area (Å²) in [6.07, 6.45) is 0. The van der Waals surface area contributed by atoms with Gasteiger partial charge in [0.05, 0.1) is 6.61 Å². The first-order valence-electron chi connectivity index (χ1n) is 4.75. The molecule has 0 spiro atoms. The normalized spacial score (nSPS) is 12.3. The quantitative estimate of drug-likeness (QED) is 0.592. The highest BCUT2D eigenvalue weighted by molar-refractivity contribution is 5.82. The molecule has 2 amide bonds. The lowest BCUT2D eigenvalue weighted by Crippen LogP contribution is -2.49. The van der Waals surface area contributed by atoms with Crippen molar-refractivity contribution in [1.29, 1.82) is 0 Å². The molecule has 0 unspecified atom stereocenters. The number of aliphatic hydroxyl groups excluding tert-OH is 1. The standard InChI is InChI=1S/C9H18N2O4/c1-6(2)7(8(13)14)10-9(15)11(3)4-5-12/h6-7,12H,4-5H2,1-3H3,(H,10,15)(H,13,14)/t7-/m0/s1. The molecule has 0 radical (unpaired) electrons. The van der Waals surface area contributed by atoms with Gasteiger partial charge in [0.2, 0.25) is 0 Å². The summed E-state index contributed by atoms with van der Waals surface area (Å²) in [4.78, 5) is 23.4. The zero-order valence-corrected chi connectivity index (χ0v) is 9.23. The second-order valence-electron chi connectivity index (χ2n) is 3.65. The summed E-state index contributed by atoms with van der Waals surface area (Å²) in [7, 11) is 1.49. The van der Waals surface area contributed by atoms with Gasteiger partial charge in [-0.2, -0.15) is 0 Å². The summed E-state index contributed by atoms with van der Waals surface area (Å²) in [6.45, 7) is 3.45. The third-order valence-electron chi connectivity index (χ3n) is 1.99. The highest BCUT2D eigenvalue weighted by atomic mass is 16.4. The lowest BCUT2D eigenvalue weighted by molar-refractivity contribution is -0.140. The first-order valence-corrected chi connectivity index (χ1v) is 4.75. The zero-order chi connectivity index (χ0) is 12.0. The Morgan fingerprint density at radius 3 is 2.27 bits per heavy atom. The van der Waals surface area contributed by atoms with Crippen LogP contribution in [-0.2, 0) is 4.79 Å². The van der Waals surface area contributed by atoms with Gasteiger partial charge in [0.1, 0.15) is 6.04 Å². The van der Waals surface area contributed by atoms with Crippen molar-refractivity contribution in [2.75, 3.05) is 20.2 Å². The second kappa shape index (κ2) is 6.23. The predicted octanol–water partition coefficient (Wildman–Crippen LogP) is -0.271. The lowest BCUT2D eigenvalue weighted by atomic mass is 10.1. The molecule has 88 valence electrons. The van der Waals surface area contributed by atoms with Crippen LogP contribution in [0.4, 0.5) is 4.79 Å². The number of nitrogens with zero attached hydrogens (tertiary/aromatic N) is 1. The molecule has 6 nitrogen and oxygen atoms in total. The number of hydrogen-bond donors (Lipinski definition) is 3. The number of carbonyl (C=O) groups is 2. The van der Waals surface area contributed by atoms with Gasteiger partial charge in [0, 0.05) is 13.6 Å². The second-order valence-corrected chi connectivity index (χ2v) is 3.65. The summed E-state index contributed by atoms with van der Waals surface area (Å²) in [5.74, 6) is -1.25. The summed E-state index contributed by atoms with van der Waals surface area (Å²) in [5.41, 5.74) is 0. The van der Waals surface area contributed by atoms with E-state index in [4.69, 9.17) is 10.2 Å². The van der Waals surface area contributed by atoms with E-state index in [1.54, 1.807) is 13.8 Å². The Morgan fingerprint density at radius 1 is 1.40 bits per heavy atom. The minimum atomic E-state index is -1.06. The van der Waals surface area contributed by atoms with E-state index in [1.807, 2.05) is 0 Å². The number of carboxylic acids is 1. The molecule has 0 aromatic heterocycles. The Morgan fingerprint density at radius 2 is 1.93 bits per heavy atom. The van der Waals surface area contributed by atoms with Crippen LogP contribution >= 0.6 is 0 Å². The van der Waals surface area contributed by atoms with Crippen molar-refractivity contribution in [3.63, 3.8) is 0 Å². The number of aliphatic carboxylic acids is 1. The summed E-state index contributed by atoms with van der Waals surface area (Å²) in [6, 6.07) is -1.40. The fraction of sp³-hybridized carbons (Fsp3) is 0.778. The zero-order valence-electron chi connectivity index (χ0n) is 9.23. The molecule has 0 saturated carbocycles. The molecule has 0 fully saturated rings. The number of carbonyl (C=O) groups excluding carboxylic acids is 1. The number of aliphatic hydroxyl groups is 1. The molecular formula is C9H18N2O4. The van der Waals surface area contributed by atoms with Gasteiger partial charge >= 0.3 is 12.0 Å². The van der Waals surface area contributed by atoms with E-state index in [0.717, 1.165) is 0 Å². The summed E-state index contributed by atoms with van der Waals surface area (Å²) >= 11 is 0. The topological polar surface area (TPSA) is 89.9 Å². The van der Waals surface area contributed by atoms with E-state index in [0.29, 0.717) is 0 Å². The van der Waals surface area contributed by atoms with Gasteiger partial charge in [-0.05, 0) is 5.92 Å². The van der Waals surface area contributed by atoms with E-state index >= 15 is 0 Å². The van der Waals surface area contributed by atoms with Crippen molar-refractivity contribution in [3.8, 4) is 0 Å². The van der Waals surface area contributed by atoms with Crippen LogP contribution in [0.25, 0.3) is 0 Å². The molecular weight excluding hydrogens is 200 g/mol. The monoisotopic (exact) mass is 218 g/mol. The van der Waals surface area contributed by atoms with Crippen LogP contribution in [-0.4, -0.2) is 53.4 Å². The highest BCUT2D eigenvalue weighted by Gasteiger charge is 2.24. The average molecular weight is 218 g/mol. The molecule has 0 aliphatic carbocycles. The molecule has 15 heavy (non-hydrogen) atoms. The number of urea groups is 1. The number of amides is 2. The SMILES string of the molecule is CC(C)[C@H](NC(=O)N(C)CCO)C(=O)O. The predicted molar refractivity (Wildman–Crippen MR) is 54.5 cm³/mol. The molecule has 6 heteroatoms. The number of rotatable bonds is 5. The maximum Gasteiger partial charge on any atom is 0.326 e. The van der Waals surface area contributed by atoms with Gasteiger partial charge in [0.15, 0.2) is 0 Å². The molecule has 0 aliphatic heterocycles. The third kappa shape index (κ3) is 4.64. The molecule has 0 aromatic carbocycles. The van der Waals surface area contributed by atoms with E-state index in [1.165, 1.54) is 11.9 Å². The maximum atomic E-state index is 11.4. The van der Waals surface area contributed by atoms with E-state index in [9.17, 15) is 9.59 Å². The average Bonchev–Trinajstić information content (AvgIpc) is 2.12. The molecule has 3 N–H and O–H groups in total. The van der Waals surface area contributed by atoms with Gasteiger partial charge < -0.3 is 20.4 Å². The first kappa shape index (κ1) is 13.7. The van der Waals surface area contributed by atoms with E-state index < -0.39 is 18.0 Å². The molecule has 0 aliphatic rings. The van der Waals surface area contributed by atoms with Crippen LogP contribution in [0.15, 0.2) is 0 Å². The van der Waals surface area contributed by atoms with Crippen molar-refractivity contribution in [2.45, 2.75) is 19.9 Å². The largest absolute Gasteiger partial charge is 0.480 e. The first-order chi connectivity index (χ1) is 6.90. The Labute approximate surface area is 88.9 Å². The van der Waals surface area contributed by atoms with Crippen LogP contribution in [0, 0.1) is 5.92 Å². The van der Waals surface area contributed by atoms with Crippen molar-refractivity contribution in [2.24, 2.45) is 5.92 Å². The maximum absolute atomic E-state index is 11.4. The van der Waals surface area contributed by atoms with Crippen molar-refractivity contribution < 1.29 is 19.8 Å². The van der Waals surface area contributed by atoms with Gasteiger partial charge in [-0.15, -0.1) is 0 Å². The van der Waals surface area contributed by atoms with Gasteiger partial charge in [-0.3, -0.25) is 0 Å². The van der Waals surface area contributed by atoms with E-state index in [2.05, 4.69) is 5.32 Å². The minimum absolute atomic E-state index is 0.149. The van der Waals surface area contributed by atoms with Gasteiger partial charge in [-0.1, -0.05) is 13.8 Å². The number of hydrogen-bond acceptors (Lipinski definition) is 3. The van der Waals surface area contributed by atoms with Crippen LogP contribution in [0.1, 0.15) is 13.8 Å². The molecule has 0 saturated heterocycles. The Balaban J connectivity index is 4.29. The van der Waals surface area contributed by atoms with Crippen molar-refractivity contribution in [1.82, 2.24) is 10.2 Å². The minimum Gasteiger partial charge on any atom is -0.480 e. The smallest absolute Gasteiger partial charge is 0.326 e. The van der Waals surface area contributed by atoms with Crippen molar-refractivity contribution in [3.05, 3.63) is 0 Å². The Bertz CT molecular complexity index is 230. The van der Waals surface area contributed by atoms with Gasteiger partial charge in [-0.25, -0.2) is 9.59 Å². The Hall–Kier alpha value is -1.30. The summed E-state index contributed by atoms with van der Waals surface area (Å²) < 4.78 is 0. The fourth-order valence-corrected chi connectivity index (χ4v) is 1.01. The van der Waals surface area contributed by atoms with Crippen LogP contribution in [0.3, 0.4) is 0 Å². The third-order valence-corrected chi connectivity index (χ3v) is 1.99. The molecule has 0 rings (SSSR count). The number of carboxylic acid groups (broad SMARTS) is 1. The molecule has 0 heterocycles. The molecule has 1 atom stereocenters. The van der Waals surface area contributed by atoms with E-state index in [-0.39, 0.29) is 19.1 Å². The van der Waals surface area contributed by atoms with Crippen LogP contribution in [0.2, 0.25) is 0 Å². The van der Waals surface area contributed by atoms with Gasteiger partial charge in [0.25, 0.3) is 0 Å². The molecule has 0 aromatic rings.